The molecule has 0 aromatic carbocycles. The third-order valence-corrected chi connectivity index (χ3v) is 4.81. The molecule has 9 nitrogen and oxygen atoms in total. The topological polar surface area (TPSA) is 123 Å². The smallest absolute Gasteiger partial charge is 0.412 e. The van der Waals surface area contributed by atoms with Gasteiger partial charge in [-0.05, 0) is 13.3 Å². The predicted octanol–water partition coefficient (Wildman–Crippen LogP) is 1.77. The summed E-state index contributed by atoms with van der Waals surface area (Å²) >= 11 is 0. The van der Waals surface area contributed by atoms with E-state index in [2.05, 4.69) is 23.1 Å². The third-order valence-electron chi connectivity index (χ3n) is 4.81. The van der Waals surface area contributed by atoms with Crippen molar-refractivity contribution < 1.29 is 24.5 Å². The van der Waals surface area contributed by atoms with E-state index < -0.39 is 36.3 Å². The lowest BCUT2D eigenvalue weighted by atomic mass is 10.1. The molecule has 1 aromatic rings. The first-order chi connectivity index (χ1) is 13.9. The molecule has 0 saturated carbocycles. The number of aromatic nitrogens is 2. The first-order valence-corrected chi connectivity index (χ1v) is 9.94. The minimum Gasteiger partial charge on any atom is -0.449 e. The number of carbonyl (C=O) groups excluding carboxylic acids is 1. The van der Waals surface area contributed by atoms with Crippen molar-refractivity contribution in [2.75, 3.05) is 11.9 Å². The molecule has 1 aromatic heterocycles. The highest BCUT2D eigenvalue weighted by atomic mass is 16.6. The van der Waals surface area contributed by atoms with Gasteiger partial charge in [0.25, 0.3) is 0 Å². The summed E-state index contributed by atoms with van der Waals surface area (Å²) in [5.41, 5.74) is -0.675. The summed E-state index contributed by atoms with van der Waals surface area (Å²) in [5.74, 6) is 2.22. The van der Waals surface area contributed by atoms with Crippen LogP contribution < -0.4 is 11.0 Å². The van der Waals surface area contributed by atoms with Crippen LogP contribution in [0, 0.1) is 12.3 Å². The van der Waals surface area contributed by atoms with Crippen LogP contribution in [0.25, 0.3) is 0 Å². The van der Waals surface area contributed by atoms with E-state index in [1.54, 1.807) is 6.92 Å². The molecule has 2 unspecified atom stereocenters. The number of aliphatic hydroxyl groups excluding tert-OH is 2. The van der Waals surface area contributed by atoms with Crippen LogP contribution in [0.5, 0.6) is 0 Å². The molecule has 2 rings (SSSR count). The van der Waals surface area contributed by atoms with Crippen molar-refractivity contribution in [2.45, 2.75) is 76.9 Å². The molecular weight excluding hydrogens is 378 g/mol. The summed E-state index contributed by atoms with van der Waals surface area (Å²) in [6.45, 7) is 3.99. The Balaban J connectivity index is 1.96. The van der Waals surface area contributed by atoms with E-state index in [1.807, 2.05) is 0 Å². The van der Waals surface area contributed by atoms with Crippen LogP contribution in [0.4, 0.5) is 10.6 Å². The molecule has 4 atom stereocenters. The van der Waals surface area contributed by atoms with E-state index in [1.165, 1.54) is 25.5 Å². The van der Waals surface area contributed by atoms with Gasteiger partial charge in [0, 0.05) is 6.20 Å². The third kappa shape index (κ3) is 6.03. The fraction of sp³-hybridized carbons (Fsp3) is 0.650. The Labute approximate surface area is 170 Å². The van der Waals surface area contributed by atoms with E-state index in [9.17, 15) is 19.8 Å². The van der Waals surface area contributed by atoms with Gasteiger partial charge in [-0.3, -0.25) is 9.88 Å². The molecular formula is C20H29N3O6. The molecule has 2 heterocycles. The Kier molecular flexibility index (Phi) is 8.64. The zero-order valence-electron chi connectivity index (χ0n) is 16.8. The highest BCUT2D eigenvalue weighted by Crippen LogP contribution is 2.28. The summed E-state index contributed by atoms with van der Waals surface area (Å²) in [7, 11) is 0. The molecule has 1 amide bonds. The highest BCUT2D eigenvalue weighted by molar-refractivity contribution is 5.84. The van der Waals surface area contributed by atoms with Gasteiger partial charge in [0.05, 0.1) is 18.3 Å². The van der Waals surface area contributed by atoms with Gasteiger partial charge in [-0.2, -0.15) is 4.98 Å². The highest BCUT2D eigenvalue weighted by Gasteiger charge is 2.42. The fourth-order valence-electron chi connectivity index (χ4n) is 3.09. The molecule has 29 heavy (non-hydrogen) atoms. The minimum atomic E-state index is -1.31. The maximum Gasteiger partial charge on any atom is 0.412 e. The average Bonchev–Trinajstić information content (AvgIpc) is 2.94. The normalized spacial score (nSPS) is 23.6. The SMILES string of the molecule is C#Cc1cn([C@@H]2O[C@H](C)C(O)C2O)c(=O)nc1NC(=O)OCCCCCCCC. The molecule has 9 heteroatoms. The molecule has 0 radical (unpaired) electrons. The summed E-state index contributed by atoms with van der Waals surface area (Å²) in [5, 5.41) is 22.3. The lowest BCUT2D eigenvalue weighted by Gasteiger charge is -2.18. The summed E-state index contributed by atoms with van der Waals surface area (Å²) in [6, 6.07) is 0. The van der Waals surface area contributed by atoms with Crippen molar-refractivity contribution in [3.8, 4) is 12.3 Å². The summed E-state index contributed by atoms with van der Waals surface area (Å²) in [6.07, 6.45) is 8.10. The number of anilines is 1. The maximum absolute atomic E-state index is 12.3. The second-order valence-electron chi connectivity index (χ2n) is 7.08. The Morgan fingerprint density at radius 1 is 1.31 bits per heavy atom. The van der Waals surface area contributed by atoms with Crippen molar-refractivity contribution in [2.24, 2.45) is 0 Å². The number of carbonyl (C=O) groups is 1. The zero-order valence-corrected chi connectivity index (χ0v) is 16.8. The van der Waals surface area contributed by atoms with Gasteiger partial charge in [0.2, 0.25) is 0 Å². The van der Waals surface area contributed by atoms with Crippen LogP contribution in [0.1, 0.15) is 64.2 Å². The number of hydrogen-bond donors (Lipinski definition) is 3. The number of hydrogen-bond acceptors (Lipinski definition) is 7. The Bertz CT molecular complexity index is 787. The molecule has 1 fully saturated rings. The monoisotopic (exact) mass is 407 g/mol. The van der Waals surface area contributed by atoms with Gasteiger partial charge in [-0.15, -0.1) is 6.42 Å². The molecule has 160 valence electrons. The fourth-order valence-corrected chi connectivity index (χ4v) is 3.09. The van der Waals surface area contributed by atoms with Crippen LogP contribution >= 0.6 is 0 Å². The number of rotatable bonds is 9. The molecule has 0 spiro atoms. The van der Waals surface area contributed by atoms with E-state index >= 15 is 0 Å². The van der Waals surface area contributed by atoms with Crippen LogP contribution in [0.15, 0.2) is 11.0 Å². The Morgan fingerprint density at radius 3 is 2.62 bits per heavy atom. The van der Waals surface area contributed by atoms with Gasteiger partial charge < -0.3 is 19.7 Å². The van der Waals surface area contributed by atoms with Gasteiger partial charge in [-0.25, -0.2) is 9.59 Å². The number of nitrogens with zero attached hydrogens (tertiary/aromatic N) is 2. The number of terminal acetylenes is 1. The second-order valence-corrected chi connectivity index (χ2v) is 7.08. The van der Waals surface area contributed by atoms with Crippen molar-refractivity contribution in [3.05, 3.63) is 22.2 Å². The minimum absolute atomic E-state index is 0.109. The largest absolute Gasteiger partial charge is 0.449 e. The molecule has 1 aliphatic rings. The van der Waals surface area contributed by atoms with E-state index in [0.717, 1.165) is 23.8 Å². The zero-order chi connectivity index (χ0) is 21.4. The van der Waals surface area contributed by atoms with Crippen LogP contribution in [-0.2, 0) is 9.47 Å². The molecule has 1 saturated heterocycles. The average molecular weight is 407 g/mol. The van der Waals surface area contributed by atoms with Crippen LogP contribution in [0.3, 0.4) is 0 Å². The van der Waals surface area contributed by atoms with Crippen molar-refractivity contribution >= 4 is 11.9 Å². The number of nitrogens with one attached hydrogen (secondary N) is 1. The van der Waals surface area contributed by atoms with Gasteiger partial charge in [0.15, 0.2) is 12.0 Å². The predicted molar refractivity (Wildman–Crippen MR) is 106 cm³/mol. The standard InChI is InChI=1S/C20H29N3O6/c1-4-6-7-8-9-10-11-28-20(27)22-17-14(5-2)12-23(19(26)21-17)18-16(25)15(24)13(3)29-18/h2,12-13,15-16,18,24-25H,4,6-11H2,1,3H3,(H,21,22,26,27)/t13-,15?,16?,18-/m1/s1. The molecule has 1 aliphatic heterocycles. The second kappa shape index (κ2) is 11.0. The number of aliphatic hydroxyl groups is 2. The van der Waals surface area contributed by atoms with Gasteiger partial charge >= 0.3 is 11.8 Å². The van der Waals surface area contributed by atoms with Crippen LogP contribution in [-0.4, -0.2) is 50.8 Å². The summed E-state index contributed by atoms with van der Waals surface area (Å²) in [4.78, 5) is 28.1. The number of unbranched alkanes of at least 4 members (excludes halogenated alkanes) is 5. The molecule has 0 bridgehead atoms. The van der Waals surface area contributed by atoms with Crippen LogP contribution in [0.2, 0.25) is 0 Å². The first kappa shape index (κ1) is 22.9. The molecule has 3 N–H and O–H groups in total. The van der Waals surface area contributed by atoms with Gasteiger partial charge in [-0.1, -0.05) is 44.9 Å². The Hall–Kier alpha value is -2.41. The van der Waals surface area contributed by atoms with E-state index in [4.69, 9.17) is 15.9 Å². The van der Waals surface area contributed by atoms with Crippen molar-refractivity contribution in [1.29, 1.82) is 0 Å². The maximum atomic E-state index is 12.3. The quantitative estimate of drug-likeness (QED) is 0.421. The lowest BCUT2D eigenvalue weighted by molar-refractivity contribution is -0.0350. The Morgan fingerprint density at radius 2 is 2.00 bits per heavy atom. The number of amides is 1. The van der Waals surface area contributed by atoms with Crippen molar-refractivity contribution in [1.82, 2.24) is 9.55 Å². The number of ether oxygens (including phenoxy) is 2. The molecule has 0 aliphatic carbocycles. The van der Waals surface area contributed by atoms with E-state index in [-0.39, 0.29) is 18.0 Å². The first-order valence-electron chi connectivity index (χ1n) is 9.94. The summed E-state index contributed by atoms with van der Waals surface area (Å²) < 4.78 is 11.5. The van der Waals surface area contributed by atoms with Gasteiger partial charge in [0.1, 0.15) is 12.2 Å². The van der Waals surface area contributed by atoms with E-state index in [0.29, 0.717) is 0 Å². The van der Waals surface area contributed by atoms with Crippen molar-refractivity contribution in [3.63, 3.8) is 0 Å². The lowest BCUT2D eigenvalue weighted by Crippen LogP contribution is -2.36.